The summed E-state index contributed by atoms with van der Waals surface area (Å²) in [5.41, 5.74) is 8.55. The van der Waals surface area contributed by atoms with Crippen LogP contribution in [0.2, 0.25) is 0 Å². The molecule has 2 N–H and O–H groups in total. The van der Waals surface area contributed by atoms with Crippen LogP contribution in [-0.4, -0.2) is 50.7 Å². The Hall–Kier alpha value is -2.86. The number of nitrogens with two attached hydrogens (primary N) is 1. The van der Waals surface area contributed by atoms with E-state index in [9.17, 15) is 9.59 Å². The van der Waals surface area contributed by atoms with Gasteiger partial charge in [-0.25, -0.2) is 9.59 Å². The number of rotatable bonds is 10. The lowest BCUT2D eigenvalue weighted by molar-refractivity contribution is 0.0480. The van der Waals surface area contributed by atoms with Crippen LogP contribution < -0.4 is 5.73 Å². The lowest BCUT2D eigenvalue weighted by Crippen LogP contribution is -2.20. The van der Waals surface area contributed by atoms with Crippen LogP contribution in [0.5, 0.6) is 0 Å². The molecule has 0 fully saturated rings. The maximum atomic E-state index is 11.8. The van der Waals surface area contributed by atoms with E-state index in [1.54, 1.807) is 31.2 Å². The second-order valence-electron chi connectivity index (χ2n) is 7.44. The summed E-state index contributed by atoms with van der Waals surface area (Å²) in [6, 6.07) is 14.4. The Morgan fingerprint density at radius 1 is 0.839 bits per heavy atom. The average Bonchev–Trinajstić information content (AvgIpc) is 2.75. The Balaban J connectivity index is 0.000000343. The fourth-order valence-corrected chi connectivity index (χ4v) is 2.62. The number of likely N-dealkylation sites (N-methyl/N-ethyl adjacent to an activating group) is 1. The van der Waals surface area contributed by atoms with Gasteiger partial charge in [0.15, 0.2) is 0 Å². The van der Waals surface area contributed by atoms with Crippen LogP contribution in [0.1, 0.15) is 59.4 Å². The van der Waals surface area contributed by atoms with Crippen molar-refractivity contribution in [3.8, 4) is 0 Å². The average molecular weight is 429 g/mol. The maximum Gasteiger partial charge on any atom is 0.338 e. The molecule has 0 amide bonds. The number of ether oxygens (including phenoxy) is 2. The quantitative estimate of drug-likeness (QED) is 0.339. The molecule has 0 saturated heterocycles. The van der Waals surface area contributed by atoms with Gasteiger partial charge in [0, 0.05) is 12.2 Å². The van der Waals surface area contributed by atoms with Crippen molar-refractivity contribution in [3.63, 3.8) is 0 Å². The number of unbranched alkanes of at least 4 members (excludes halogenated alkanes) is 2. The van der Waals surface area contributed by atoms with Gasteiger partial charge in [-0.3, -0.25) is 0 Å². The molecule has 0 saturated carbocycles. The minimum atomic E-state index is -0.308. The number of hydrogen-bond donors (Lipinski definition) is 1. The standard InChI is InChI=1S/C16H25NO2.C9H11NO2/c1-4-5-6-7-14-8-10-15(11-9-14)16(18)19-13-12-17(2)3;1-2-12-9(11)7-3-5-8(10)6-4-7/h8-11H,4-7,12-13H2,1-3H3;3-6H,2,10H2,1H3. The highest BCUT2D eigenvalue weighted by molar-refractivity contribution is 5.90. The molecule has 2 aromatic rings. The molecular formula is C25H36N2O4. The van der Waals surface area contributed by atoms with Crippen LogP contribution in [0.25, 0.3) is 0 Å². The van der Waals surface area contributed by atoms with E-state index >= 15 is 0 Å². The van der Waals surface area contributed by atoms with Gasteiger partial charge in [0.05, 0.1) is 17.7 Å². The Morgan fingerprint density at radius 3 is 1.90 bits per heavy atom. The SMILES string of the molecule is CCCCCc1ccc(C(=O)OCCN(C)C)cc1.CCOC(=O)c1ccc(N)cc1. The first-order valence-corrected chi connectivity index (χ1v) is 10.8. The lowest BCUT2D eigenvalue weighted by atomic mass is 10.1. The van der Waals surface area contributed by atoms with Crippen LogP contribution >= 0.6 is 0 Å². The fraction of sp³-hybridized carbons (Fsp3) is 0.440. The van der Waals surface area contributed by atoms with E-state index in [-0.39, 0.29) is 11.9 Å². The van der Waals surface area contributed by atoms with E-state index in [0.717, 1.165) is 13.0 Å². The van der Waals surface area contributed by atoms with Gasteiger partial charge in [-0.1, -0.05) is 31.9 Å². The molecule has 0 unspecified atom stereocenters. The Kier molecular flexibility index (Phi) is 12.7. The van der Waals surface area contributed by atoms with Gasteiger partial charge in [-0.05, 0) is 75.8 Å². The minimum Gasteiger partial charge on any atom is -0.462 e. The zero-order chi connectivity index (χ0) is 23.1. The number of nitrogens with zero attached hydrogens (tertiary/aromatic N) is 1. The van der Waals surface area contributed by atoms with Crippen molar-refractivity contribution in [2.45, 2.75) is 39.5 Å². The highest BCUT2D eigenvalue weighted by Crippen LogP contribution is 2.10. The monoisotopic (exact) mass is 428 g/mol. The molecule has 0 heterocycles. The zero-order valence-electron chi connectivity index (χ0n) is 19.2. The van der Waals surface area contributed by atoms with Crippen LogP contribution in [0.15, 0.2) is 48.5 Å². The normalized spacial score (nSPS) is 10.2. The van der Waals surface area contributed by atoms with Crippen LogP contribution in [0.3, 0.4) is 0 Å². The van der Waals surface area contributed by atoms with E-state index in [1.165, 1.54) is 24.8 Å². The molecule has 31 heavy (non-hydrogen) atoms. The van der Waals surface area contributed by atoms with Gasteiger partial charge < -0.3 is 20.1 Å². The number of benzene rings is 2. The topological polar surface area (TPSA) is 81.9 Å². The third-order valence-electron chi connectivity index (χ3n) is 4.45. The lowest BCUT2D eigenvalue weighted by Gasteiger charge is -2.10. The third kappa shape index (κ3) is 11.2. The van der Waals surface area contributed by atoms with Crippen LogP contribution in [0.4, 0.5) is 5.69 Å². The van der Waals surface area contributed by atoms with Crippen molar-refractivity contribution in [1.29, 1.82) is 0 Å². The van der Waals surface area contributed by atoms with Gasteiger partial charge in [-0.2, -0.15) is 0 Å². The molecule has 2 rings (SSSR count). The summed E-state index contributed by atoms with van der Waals surface area (Å²) in [7, 11) is 3.91. The number of nitrogen functional groups attached to an aromatic ring is 1. The minimum absolute atomic E-state index is 0.234. The fourth-order valence-electron chi connectivity index (χ4n) is 2.62. The molecule has 0 radical (unpaired) electrons. The molecule has 0 aromatic heterocycles. The Labute approximate surface area is 186 Å². The number of aryl methyl sites for hydroxylation is 1. The van der Waals surface area contributed by atoms with Gasteiger partial charge in [0.1, 0.15) is 6.61 Å². The van der Waals surface area contributed by atoms with Crippen molar-refractivity contribution in [3.05, 3.63) is 65.2 Å². The predicted octanol–water partition coefficient (Wildman–Crippen LogP) is 4.58. The first-order chi connectivity index (χ1) is 14.9. The summed E-state index contributed by atoms with van der Waals surface area (Å²) in [6.45, 7) is 5.55. The number of esters is 2. The molecule has 0 bridgehead atoms. The number of carbonyl (C=O) groups excluding carboxylic acids is 2. The third-order valence-corrected chi connectivity index (χ3v) is 4.45. The van der Waals surface area contributed by atoms with E-state index in [1.807, 2.05) is 43.3 Å². The zero-order valence-corrected chi connectivity index (χ0v) is 19.2. The predicted molar refractivity (Wildman–Crippen MR) is 125 cm³/mol. The van der Waals surface area contributed by atoms with Gasteiger partial charge in [0.25, 0.3) is 0 Å². The molecule has 170 valence electrons. The maximum absolute atomic E-state index is 11.8. The van der Waals surface area contributed by atoms with Crippen molar-refractivity contribution in [2.24, 2.45) is 0 Å². The highest BCUT2D eigenvalue weighted by atomic mass is 16.5. The van der Waals surface area contributed by atoms with Gasteiger partial charge >= 0.3 is 11.9 Å². The van der Waals surface area contributed by atoms with Gasteiger partial charge in [-0.15, -0.1) is 0 Å². The van der Waals surface area contributed by atoms with Crippen molar-refractivity contribution in [2.75, 3.05) is 39.6 Å². The van der Waals surface area contributed by atoms with Crippen molar-refractivity contribution >= 4 is 17.6 Å². The summed E-state index contributed by atoms with van der Waals surface area (Å²) in [4.78, 5) is 24.8. The molecule has 0 aliphatic carbocycles. The largest absolute Gasteiger partial charge is 0.462 e. The summed E-state index contributed by atoms with van der Waals surface area (Å²) < 4.78 is 9.98. The number of carbonyl (C=O) groups is 2. The Morgan fingerprint density at radius 2 is 1.39 bits per heavy atom. The van der Waals surface area contributed by atoms with E-state index in [2.05, 4.69) is 6.92 Å². The van der Waals surface area contributed by atoms with Crippen LogP contribution in [-0.2, 0) is 15.9 Å². The molecular weight excluding hydrogens is 392 g/mol. The molecule has 6 nitrogen and oxygen atoms in total. The molecule has 6 heteroatoms. The van der Waals surface area contributed by atoms with E-state index in [0.29, 0.717) is 30.0 Å². The molecule has 0 atom stereocenters. The second-order valence-corrected chi connectivity index (χ2v) is 7.44. The summed E-state index contributed by atoms with van der Waals surface area (Å²) in [5, 5.41) is 0. The number of hydrogen-bond acceptors (Lipinski definition) is 6. The van der Waals surface area contributed by atoms with Crippen molar-refractivity contribution in [1.82, 2.24) is 4.90 Å². The second kappa shape index (κ2) is 15.0. The molecule has 0 aliphatic rings. The summed E-state index contributed by atoms with van der Waals surface area (Å²) >= 11 is 0. The molecule has 2 aromatic carbocycles. The smallest absolute Gasteiger partial charge is 0.338 e. The molecule has 0 aliphatic heterocycles. The highest BCUT2D eigenvalue weighted by Gasteiger charge is 2.07. The van der Waals surface area contributed by atoms with Crippen LogP contribution in [0, 0.1) is 0 Å². The first-order valence-electron chi connectivity index (χ1n) is 10.8. The summed E-state index contributed by atoms with van der Waals surface area (Å²) in [5.74, 6) is -0.542. The van der Waals surface area contributed by atoms with E-state index in [4.69, 9.17) is 15.2 Å². The van der Waals surface area contributed by atoms with Gasteiger partial charge in [0.2, 0.25) is 0 Å². The Bertz CT molecular complexity index is 771. The van der Waals surface area contributed by atoms with Crippen molar-refractivity contribution < 1.29 is 19.1 Å². The summed E-state index contributed by atoms with van der Waals surface area (Å²) in [6.07, 6.45) is 4.79. The number of anilines is 1. The van der Waals surface area contributed by atoms with E-state index < -0.39 is 0 Å². The first kappa shape index (κ1) is 26.2. The molecule has 0 spiro atoms.